The minimum absolute atomic E-state index is 0.0483. The van der Waals surface area contributed by atoms with Gasteiger partial charge in [-0.25, -0.2) is 0 Å². The van der Waals surface area contributed by atoms with Gasteiger partial charge in [0.25, 0.3) is 0 Å². The number of carboxylic acids is 1. The second-order valence-corrected chi connectivity index (χ2v) is 3.00. The number of nitrogens with one attached hydrogen (secondary N) is 1. The lowest BCUT2D eigenvalue weighted by Crippen LogP contribution is -2.21. The van der Waals surface area contributed by atoms with Crippen molar-refractivity contribution in [3.8, 4) is 11.5 Å². The summed E-state index contributed by atoms with van der Waals surface area (Å²) in [6.45, 7) is 0.288. The van der Waals surface area contributed by atoms with Crippen LogP contribution in [0.1, 0.15) is 5.56 Å². The van der Waals surface area contributed by atoms with E-state index < -0.39 is 5.97 Å². The molecule has 0 unspecified atom stereocenters. The van der Waals surface area contributed by atoms with Gasteiger partial charge in [0.15, 0.2) is 11.5 Å². The molecule has 0 fully saturated rings. The first-order valence-corrected chi connectivity index (χ1v) is 4.42. The van der Waals surface area contributed by atoms with E-state index in [9.17, 15) is 9.90 Å². The zero-order chi connectivity index (χ0) is 11.3. The number of aliphatic carboxylic acids is 1. The molecule has 0 aliphatic carbocycles. The highest BCUT2D eigenvalue weighted by molar-refractivity contribution is 5.69. The van der Waals surface area contributed by atoms with Crippen LogP contribution in [0.25, 0.3) is 0 Å². The van der Waals surface area contributed by atoms with Crippen molar-refractivity contribution in [2.24, 2.45) is 0 Å². The zero-order valence-electron chi connectivity index (χ0n) is 8.36. The number of phenolic OH excluding ortho intramolecular Hbond substituents is 1. The summed E-state index contributed by atoms with van der Waals surface area (Å²) in [6.07, 6.45) is 0. The quantitative estimate of drug-likeness (QED) is 0.663. The Labute approximate surface area is 87.3 Å². The van der Waals surface area contributed by atoms with E-state index in [1.807, 2.05) is 0 Å². The highest BCUT2D eigenvalue weighted by Gasteiger charge is 2.02. The molecule has 5 nitrogen and oxygen atoms in total. The number of carboxylic acid groups (broad SMARTS) is 1. The molecule has 1 aromatic rings. The normalized spacial score (nSPS) is 9.93. The highest BCUT2D eigenvalue weighted by Crippen LogP contribution is 2.25. The molecule has 0 spiro atoms. The van der Waals surface area contributed by atoms with E-state index in [0.29, 0.717) is 12.3 Å². The number of benzene rings is 1. The molecule has 0 bridgehead atoms. The molecule has 0 radical (unpaired) electrons. The molecule has 0 aliphatic rings. The van der Waals surface area contributed by atoms with Gasteiger partial charge in [-0.05, 0) is 17.7 Å². The van der Waals surface area contributed by atoms with Crippen LogP contribution in [-0.2, 0) is 11.3 Å². The van der Waals surface area contributed by atoms with E-state index in [1.54, 1.807) is 12.1 Å². The van der Waals surface area contributed by atoms with Gasteiger partial charge in [0.2, 0.25) is 0 Å². The molecule has 82 valence electrons. The van der Waals surface area contributed by atoms with E-state index in [0.717, 1.165) is 5.56 Å². The summed E-state index contributed by atoms with van der Waals surface area (Å²) in [5.41, 5.74) is 0.801. The fourth-order valence-electron chi connectivity index (χ4n) is 1.16. The van der Waals surface area contributed by atoms with Crippen LogP contribution in [0.4, 0.5) is 0 Å². The van der Waals surface area contributed by atoms with Gasteiger partial charge in [0.1, 0.15) is 0 Å². The first-order chi connectivity index (χ1) is 7.13. The Morgan fingerprint density at radius 1 is 1.53 bits per heavy atom. The number of carbonyl (C=O) groups is 1. The second kappa shape index (κ2) is 5.21. The smallest absolute Gasteiger partial charge is 0.317 e. The number of hydrogen-bond donors (Lipinski definition) is 3. The average molecular weight is 211 g/mol. The Morgan fingerprint density at radius 3 is 2.80 bits per heavy atom. The molecule has 0 aliphatic heterocycles. The van der Waals surface area contributed by atoms with Crippen LogP contribution in [0.2, 0.25) is 0 Å². The lowest BCUT2D eigenvalue weighted by Gasteiger charge is -2.06. The van der Waals surface area contributed by atoms with Crippen LogP contribution in [0.3, 0.4) is 0 Å². The zero-order valence-corrected chi connectivity index (χ0v) is 8.36. The molecule has 0 saturated carbocycles. The van der Waals surface area contributed by atoms with Crippen molar-refractivity contribution in [1.29, 1.82) is 0 Å². The third-order valence-corrected chi connectivity index (χ3v) is 1.85. The van der Waals surface area contributed by atoms with Gasteiger partial charge in [-0.15, -0.1) is 0 Å². The fraction of sp³-hybridized carbons (Fsp3) is 0.300. The highest BCUT2D eigenvalue weighted by atomic mass is 16.5. The number of methoxy groups -OCH3 is 1. The molecule has 0 aromatic heterocycles. The monoisotopic (exact) mass is 211 g/mol. The lowest BCUT2D eigenvalue weighted by molar-refractivity contribution is -0.135. The molecule has 3 N–H and O–H groups in total. The number of phenols is 1. The molecular weight excluding hydrogens is 198 g/mol. The van der Waals surface area contributed by atoms with E-state index >= 15 is 0 Å². The SMILES string of the molecule is COc1ccc(CNCC(=O)O)cc1O. The number of ether oxygens (including phenoxy) is 1. The summed E-state index contributed by atoms with van der Waals surface area (Å²) >= 11 is 0. The van der Waals surface area contributed by atoms with Crippen LogP contribution < -0.4 is 10.1 Å². The maximum Gasteiger partial charge on any atom is 0.317 e. The maximum absolute atomic E-state index is 10.2. The molecule has 5 heteroatoms. The molecule has 0 saturated heterocycles. The Hall–Kier alpha value is -1.75. The minimum Gasteiger partial charge on any atom is -0.504 e. The van der Waals surface area contributed by atoms with Crippen molar-refractivity contribution in [3.05, 3.63) is 23.8 Å². The lowest BCUT2D eigenvalue weighted by atomic mass is 10.2. The molecule has 1 rings (SSSR count). The number of rotatable bonds is 5. The molecule has 0 atom stereocenters. The predicted octanol–water partition coefficient (Wildman–Crippen LogP) is 0.575. The Bertz CT molecular complexity index is 351. The van der Waals surface area contributed by atoms with Crippen molar-refractivity contribution in [1.82, 2.24) is 5.32 Å². The fourth-order valence-corrected chi connectivity index (χ4v) is 1.16. The topological polar surface area (TPSA) is 78.8 Å². The van der Waals surface area contributed by atoms with E-state index in [-0.39, 0.29) is 12.3 Å². The summed E-state index contributed by atoms with van der Waals surface area (Å²) in [7, 11) is 1.47. The van der Waals surface area contributed by atoms with Gasteiger partial charge in [0.05, 0.1) is 13.7 Å². The Balaban J connectivity index is 2.55. The molecule has 1 aromatic carbocycles. The van der Waals surface area contributed by atoms with Crippen LogP contribution in [0.5, 0.6) is 11.5 Å². The molecule has 0 heterocycles. The van der Waals surface area contributed by atoms with Crippen molar-refractivity contribution in [2.75, 3.05) is 13.7 Å². The Morgan fingerprint density at radius 2 is 2.27 bits per heavy atom. The molecule has 0 amide bonds. The third-order valence-electron chi connectivity index (χ3n) is 1.85. The van der Waals surface area contributed by atoms with Crippen LogP contribution in [0, 0.1) is 0 Å². The Kier molecular flexibility index (Phi) is 3.93. The van der Waals surface area contributed by atoms with E-state index in [2.05, 4.69) is 5.32 Å². The average Bonchev–Trinajstić information content (AvgIpc) is 2.17. The van der Waals surface area contributed by atoms with Crippen LogP contribution in [-0.4, -0.2) is 29.8 Å². The van der Waals surface area contributed by atoms with Crippen LogP contribution in [0.15, 0.2) is 18.2 Å². The van der Waals surface area contributed by atoms with Crippen molar-refractivity contribution < 1.29 is 19.7 Å². The largest absolute Gasteiger partial charge is 0.504 e. The van der Waals surface area contributed by atoms with E-state index in [4.69, 9.17) is 9.84 Å². The molecule has 15 heavy (non-hydrogen) atoms. The second-order valence-electron chi connectivity index (χ2n) is 3.00. The predicted molar refractivity (Wildman–Crippen MR) is 54.0 cm³/mol. The minimum atomic E-state index is -0.910. The van der Waals surface area contributed by atoms with Crippen LogP contribution >= 0.6 is 0 Å². The van der Waals surface area contributed by atoms with Gasteiger partial charge >= 0.3 is 5.97 Å². The van der Waals surface area contributed by atoms with Crippen molar-refractivity contribution >= 4 is 5.97 Å². The summed E-state index contributed by atoms with van der Waals surface area (Å²) < 4.78 is 4.88. The first-order valence-electron chi connectivity index (χ1n) is 4.42. The summed E-state index contributed by atoms with van der Waals surface area (Å²) in [5, 5.41) is 20.5. The van der Waals surface area contributed by atoms with E-state index in [1.165, 1.54) is 13.2 Å². The summed E-state index contributed by atoms with van der Waals surface area (Å²) in [5.74, 6) is -0.461. The van der Waals surface area contributed by atoms with Crippen molar-refractivity contribution in [2.45, 2.75) is 6.54 Å². The number of hydrogen-bond acceptors (Lipinski definition) is 4. The van der Waals surface area contributed by atoms with Gasteiger partial charge in [0, 0.05) is 6.54 Å². The number of aromatic hydroxyl groups is 1. The summed E-state index contributed by atoms with van der Waals surface area (Å²) in [6, 6.07) is 4.92. The molecular formula is C10H13NO4. The summed E-state index contributed by atoms with van der Waals surface area (Å²) in [4.78, 5) is 10.2. The van der Waals surface area contributed by atoms with Gasteiger partial charge in [-0.1, -0.05) is 6.07 Å². The van der Waals surface area contributed by atoms with Gasteiger partial charge in [-0.3, -0.25) is 4.79 Å². The van der Waals surface area contributed by atoms with Crippen molar-refractivity contribution in [3.63, 3.8) is 0 Å². The standard InChI is InChI=1S/C10H13NO4/c1-15-9-3-2-7(4-8(9)12)5-11-6-10(13)14/h2-4,11-12H,5-6H2,1H3,(H,13,14). The van der Waals surface area contributed by atoms with Gasteiger partial charge < -0.3 is 20.3 Å². The van der Waals surface area contributed by atoms with Gasteiger partial charge in [-0.2, -0.15) is 0 Å². The first kappa shape index (κ1) is 11.3. The maximum atomic E-state index is 10.2. The third kappa shape index (κ3) is 3.47.